The van der Waals surface area contributed by atoms with Crippen LogP contribution in [0.2, 0.25) is 0 Å². The summed E-state index contributed by atoms with van der Waals surface area (Å²) in [7, 11) is 0. The number of hydrogen-bond acceptors (Lipinski definition) is 2. The van der Waals surface area contributed by atoms with Crippen molar-refractivity contribution in [2.24, 2.45) is 5.84 Å². The molecule has 10 heavy (non-hydrogen) atoms. The first-order valence-electron chi connectivity index (χ1n) is 2.90. The third kappa shape index (κ3) is 1.30. The van der Waals surface area contributed by atoms with Gasteiger partial charge in [-0.1, -0.05) is 6.58 Å². The van der Waals surface area contributed by atoms with Crippen molar-refractivity contribution in [2.75, 3.05) is 0 Å². The van der Waals surface area contributed by atoms with Crippen LogP contribution in [0.4, 0.5) is 0 Å². The molecule has 0 aromatic rings. The summed E-state index contributed by atoms with van der Waals surface area (Å²) in [6.45, 7) is 5.73. The number of allylic oxidation sites excluding steroid dienone is 3. The van der Waals surface area contributed by atoms with Gasteiger partial charge in [-0.25, -0.2) is 5.84 Å². The first-order chi connectivity index (χ1) is 4.61. The molecule has 0 fully saturated rings. The zero-order chi connectivity index (χ0) is 7.72. The third-order valence-electron chi connectivity index (χ3n) is 1.28. The summed E-state index contributed by atoms with van der Waals surface area (Å²) in [5, 5.41) is 1.50. The van der Waals surface area contributed by atoms with E-state index < -0.39 is 0 Å². The van der Waals surface area contributed by atoms with Crippen molar-refractivity contribution in [3.63, 3.8) is 0 Å². The van der Waals surface area contributed by atoms with Gasteiger partial charge in [0.05, 0.1) is 5.70 Å². The Labute approximate surface area is 68.8 Å². The molecule has 0 unspecified atom stereocenters. The van der Waals surface area contributed by atoms with Gasteiger partial charge in [-0.15, -0.1) is 0 Å². The van der Waals surface area contributed by atoms with Gasteiger partial charge >= 0.3 is 0 Å². The van der Waals surface area contributed by atoms with E-state index in [-0.39, 0.29) is 0 Å². The summed E-state index contributed by atoms with van der Waals surface area (Å²) >= 11 is 3.33. The topological polar surface area (TPSA) is 29.3 Å². The molecule has 0 saturated heterocycles. The largest absolute Gasteiger partial charge is 0.286 e. The highest BCUT2D eigenvalue weighted by Crippen LogP contribution is 2.23. The van der Waals surface area contributed by atoms with Crippen molar-refractivity contribution in [3.8, 4) is 0 Å². The maximum absolute atomic E-state index is 5.55. The van der Waals surface area contributed by atoms with E-state index >= 15 is 0 Å². The molecule has 3 heteroatoms. The summed E-state index contributed by atoms with van der Waals surface area (Å²) in [5.74, 6) is 5.55. The second-order valence-electron chi connectivity index (χ2n) is 2.22. The van der Waals surface area contributed by atoms with Crippen LogP contribution in [0, 0.1) is 0 Å². The van der Waals surface area contributed by atoms with Gasteiger partial charge in [-0.2, -0.15) is 0 Å². The van der Waals surface area contributed by atoms with Gasteiger partial charge in [-0.05, 0) is 34.5 Å². The molecule has 0 aliphatic carbocycles. The van der Waals surface area contributed by atoms with Gasteiger partial charge in [0.1, 0.15) is 0 Å². The van der Waals surface area contributed by atoms with Crippen LogP contribution >= 0.6 is 15.9 Å². The number of halogens is 1. The van der Waals surface area contributed by atoms with E-state index in [9.17, 15) is 0 Å². The predicted octanol–water partition coefficient (Wildman–Crippen LogP) is 1.87. The SMILES string of the molecule is C=C1C(Br)=CC(C)=CN1N. The molecule has 0 saturated carbocycles. The van der Waals surface area contributed by atoms with Gasteiger partial charge in [0, 0.05) is 10.7 Å². The zero-order valence-corrected chi connectivity index (χ0v) is 7.35. The molecule has 0 atom stereocenters. The minimum absolute atomic E-state index is 0.783. The van der Waals surface area contributed by atoms with Crippen LogP contribution in [0.5, 0.6) is 0 Å². The Morgan fingerprint density at radius 1 is 1.70 bits per heavy atom. The second kappa shape index (κ2) is 2.60. The van der Waals surface area contributed by atoms with E-state index in [1.165, 1.54) is 5.01 Å². The highest BCUT2D eigenvalue weighted by atomic mass is 79.9. The second-order valence-corrected chi connectivity index (χ2v) is 3.07. The molecule has 0 aromatic carbocycles. The van der Waals surface area contributed by atoms with Gasteiger partial charge in [0.15, 0.2) is 0 Å². The van der Waals surface area contributed by atoms with E-state index in [4.69, 9.17) is 5.84 Å². The van der Waals surface area contributed by atoms with E-state index in [1.54, 1.807) is 0 Å². The summed E-state index contributed by atoms with van der Waals surface area (Å²) in [6.07, 6.45) is 3.80. The molecule has 0 amide bonds. The zero-order valence-electron chi connectivity index (χ0n) is 5.76. The van der Waals surface area contributed by atoms with Crippen molar-refractivity contribution in [3.05, 3.63) is 34.6 Å². The molecular weight excluding hydrogens is 192 g/mol. The Kier molecular flexibility index (Phi) is 1.97. The van der Waals surface area contributed by atoms with Crippen molar-refractivity contribution in [2.45, 2.75) is 6.92 Å². The first kappa shape index (κ1) is 7.57. The summed E-state index contributed by atoms with van der Waals surface area (Å²) in [5.41, 5.74) is 1.90. The lowest BCUT2D eigenvalue weighted by Crippen LogP contribution is -2.25. The molecule has 2 nitrogen and oxygen atoms in total. The van der Waals surface area contributed by atoms with Crippen molar-refractivity contribution < 1.29 is 0 Å². The Morgan fingerprint density at radius 3 is 2.80 bits per heavy atom. The fraction of sp³-hybridized carbons (Fsp3) is 0.143. The van der Waals surface area contributed by atoms with Crippen molar-refractivity contribution >= 4 is 15.9 Å². The van der Waals surface area contributed by atoms with E-state index in [0.717, 1.165) is 15.8 Å². The lowest BCUT2D eigenvalue weighted by molar-refractivity contribution is 0.501. The van der Waals surface area contributed by atoms with E-state index in [1.807, 2.05) is 19.2 Å². The average Bonchev–Trinajstić information content (AvgIpc) is 1.82. The van der Waals surface area contributed by atoms with Crippen LogP contribution in [0.3, 0.4) is 0 Å². The molecule has 0 aromatic heterocycles. The summed E-state index contributed by atoms with van der Waals surface area (Å²) in [6, 6.07) is 0. The monoisotopic (exact) mass is 200 g/mol. The summed E-state index contributed by atoms with van der Waals surface area (Å²) in [4.78, 5) is 0. The smallest absolute Gasteiger partial charge is 0.0638 e. The number of hydrazine groups is 1. The van der Waals surface area contributed by atoms with Crippen LogP contribution in [0.15, 0.2) is 34.6 Å². The number of hydrogen-bond donors (Lipinski definition) is 1. The Balaban J connectivity index is 2.95. The number of rotatable bonds is 0. The minimum atomic E-state index is 0.783. The number of nitrogens with zero attached hydrogens (tertiary/aromatic N) is 1. The van der Waals surface area contributed by atoms with Gasteiger partial charge in [0.2, 0.25) is 0 Å². The van der Waals surface area contributed by atoms with Crippen LogP contribution in [0.25, 0.3) is 0 Å². The first-order valence-corrected chi connectivity index (χ1v) is 3.69. The van der Waals surface area contributed by atoms with Gasteiger partial charge in [-0.3, -0.25) is 5.01 Å². The molecular formula is C7H9BrN2. The van der Waals surface area contributed by atoms with E-state index in [2.05, 4.69) is 22.5 Å². The van der Waals surface area contributed by atoms with Crippen LogP contribution in [0.1, 0.15) is 6.92 Å². The standard InChI is InChI=1S/C7H9BrN2/c1-5-3-7(8)6(2)10(9)4-5/h3-4H,2,9H2,1H3. The fourth-order valence-corrected chi connectivity index (χ4v) is 1.31. The number of nitrogens with two attached hydrogens (primary N) is 1. The Morgan fingerprint density at radius 2 is 2.30 bits per heavy atom. The Hall–Kier alpha value is -0.540. The van der Waals surface area contributed by atoms with Crippen LogP contribution in [-0.4, -0.2) is 5.01 Å². The summed E-state index contributed by atoms with van der Waals surface area (Å²) < 4.78 is 0.940. The highest BCUT2D eigenvalue weighted by Gasteiger charge is 2.08. The predicted molar refractivity (Wildman–Crippen MR) is 45.9 cm³/mol. The molecule has 1 heterocycles. The van der Waals surface area contributed by atoms with Crippen molar-refractivity contribution in [1.29, 1.82) is 0 Å². The van der Waals surface area contributed by atoms with Crippen LogP contribution < -0.4 is 5.84 Å². The maximum Gasteiger partial charge on any atom is 0.0638 e. The molecule has 0 spiro atoms. The molecule has 1 aliphatic rings. The minimum Gasteiger partial charge on any atom is -0.286 e. The molecule has 0 radical (unpaired) electrons. The van der Waals surface area contributed by atoms with Crippen LogP contribution in [-0.2, 0) is 0 Å². The van der Waals surface area contributed by atoms with Gasteiger partial charge < -0.3 is 0 Å². The highest BCUT2D eigenvalue weighted by molar-refractivity contribution is 9.12. The molecule has 1 aliphatic heterocycles. The lowest BCUT2D eigenvalue weighted by atomic mass is 10.2. The third-order valence-corrected chi connectivity index (χ3v) is 1.97. The fourth-order valence-electron chi connectivity index (χ4n) is 0.741. The molecule has 1 rings (SSSR count). The van der Waals surface area contributed by atoms with E-state index in [0.29, 0.717) is 0 Å². The van der Waals surface area contributed by atoms with Crippen molar-refractivity contribution in [1.82, 2.24) is 5.01 Å². The lowest BCUT2D eigenvalue weighted by Gasteiger charge is -2.20. The molecule has 2 N–H and O–H groups in total. The normalized spacial score (nSPS) is 18.7. The molecule has 0 bridgehead atoms. The molecule has 54 valence electrons. The maximum atomic E-state index is 5.55. The Bertz CT molecular complexity index is 228. The van der Waals surface area contributed by atoms with Gasteiger partial charge in [0.25, 0.3) is 0 Å². The average molecular weight is 201 g/mol. The quantitative estimate of drug-likeness (QED) is 0.606.